The molecular weight excluding hydrogens is 242 g/mol. The number of aryl methyl sites for hydroxylation is 2. The first-order valence-corrected chi connectivity index (χ1v) is 7.72. The normalized spacial score (nSPS) is 18.9. The molecule has 0 aliphatic heterocycles. The molecule has 1 saturated carbocycles. The molecule has 2 aliphatic carbocycles. The van der Waals surface area contributed by atoms with Crippen molar-refractivity contribution >= 4 is 27.4 Å². The standard InChI is InChI=1S/C14H17N3S/c1-2-4-11-10(3-1)12-13(15-7-9-5-6-9)16-8-17-14(12)18-11/h8-9H,1-7H2,(H,15,16,17). The highest BCUT2D eigenvalue weighted by molar-refractivity contribution is 7.19. The van der Waals surface area contributed by atoms with E-state index in [0.717, 1.165) is 18.3 Å². The molecule has 94 valence electrons. The van der Waals surface area contributed by atoms with Gasteiger partial charge in [0.15, 0.2) is 0 Å². The smallest absolute Gasteiger partial charge is 0.138 e. The third kappa shape index (κ3) is 1.79. The summed E-state index contributed by atoms with van der Waals surface area (Å²) in [5, 5.41) is 4.86. The molecule has 0 radical (unpaired) electrons. The molecule has 18 heavy (non-hydrogen) atoms. The van der Waals surface area contributed by atoms with Crippen LogP contribution in [0.1, 0.15) is 36.1 Å². The molecule has 0 spiro atoms. The largest absolute Gasteiger partial charge is 0.369 e. The predicted octanol–water partition coefficient (Wildman–Crippen LogP) is 3.39. The Morgan fingerprint density at radius 1 is 1.22 bits per heavy atom. The van der Waals surface area contributed by atoms with Gasteiger partial charge in [-0.25, -0.2) is 9.97 Å². The lowest BCUT2D eigenvalue weighted by Crippen LogP contribution is -2.06. The number of hydrogen-bond donors (Lipinski definition) is 1. The number of thiophene rings is 1. The van der Waals surface area contributed by atoms with Crippen molar-refractivity contribution in [3.8, 4) is 0 Å². The van der Waals surface area contributed by atoms with Gasteiger partial charge in [0.25, 0.3) is 0 Å². The second kappa shape index (κ2) is 4.19. The summed E-state index contributed by atoms with van der Waals surface area (Å²) in [6.45, 7) is 1.08. The van der Waals surface area contributed by atoms with Crippen LogP contribution >= 0.6 is 11.3 Å². The van der Waals surface area contributed by atoms with Gasteiger partial charge in [-0.15, -0.1) is 11.3 Å². The van der Waals surface area contributed by atoms with Crippen LogP contribution in [0.25, 0.3) is 10.2 Å². The van der Waals surface area contributed by atoms with Gasteiger partial charge in [0.1, 0.15) is 17.0 Å². The van der Waals surface area contributed by atoms with Crippen molar-refractivity contribution in [3.05, 3.63) is 16.8 Å². The van der Waals surface area contributed by atoms with E-state index < -0.39 is 0 Å². The van der Waals surface area contributed by atoms with Crippen molar-refractivity contribution in [2.75, 3.05) is 11.9 Å². The molecule has 2 aromatic rings. The van der Waals surface area contributed by atoms with E-state index in [4.69, 9.17) is 0 Å². The number of nitrogens with zero attached hydrogens (tertiary/aromatic N) is 2. The fraction of sp³-hybridized carbons (Fsp3) is 0.571. The number of anilines is 1. The molecule has 4 rings (SSSR count). The molecule has 4 heteroatoms. The highest BCUT2D eigenvalue weighted by Gasteiger charge is 2.23. The average Bonchev–Trinajstić information content (AvgIpc) is 3.15. The van der Waals surface area contributed by atoms with E-state index in [1.165, 1.54) is 54.3 Å². The van der Waals surface area contributed by atoms with E-state index in [0.29, 0.717) is 0 Å². The minimum Gasteiger partial charge on any atom is -0.369 e. The van der Waals surface area contributed by atoms with Crippen LogP contribution in [0.15, 0.2) is 6.33 Å². The number of aromatic nitrogens is 2. The topological polar surface area (TPSA) is 37.8 Å². The van der Waals surface area contributed by atoms with Crippen LogP contribution in [0.5, 0.6) is 0 Å². The Balaban J connectivity index is 1.77. The Morgan fingerprint density at radius 2 is 2.11 bits per heavy atom. The van der Waals surface area contributed by atoms with Gasteiger partial charge in [0.05, 0.1) is 5.39 Å². The van der Waals surface area contributed by atoms with E-state index in [-0.39, 0.29) is 0 Å². The molecule has 1 N–H and O–H groups in total. The molecule has 1 fully saturated rings. The van der Waals surface area contributed by atoms with Gasteiger partial charge in [-0.05, 0) is 50.0 Å². The van der Waals surface area contributed by atoms with Crippen LogP contribution in [0.2, 0.25) is 0 Å². The van der Waals surface area contributed by atoms with E-state index in [1.807, 2.05) is 11.3 Å². The summed E-state index contributed by atoms with van der Waals surface area (Å²) in [5.41, 5.74) is 1.53. The van der Waals surface area contributed by atoms with Crippen molar-refractivity contribution in [1.82, 2.24) is 9.97 Å². The summed E-state index contributed by atoms with van der Waals surface area (Å²) in [6, 6.07) is 0. The van der Waals surface area contributed by atoms with Gasteiger partial charge < -0.3 is 5.32 Å². The van der Waals surface area contributed by atoms with Crippen molar-refractivity contribution in [1.29, 1.82) is 0 Å². The van der Waals surface area contributed by atoms with Gasteiger partial charge in [0.2, 0.25) is 0 Å². The molecule has 2 aliphatic rings. The van der Waals surface area contributed by atoms with E-state index in [1.54, 1.807) is 11.2 Å². The fourth-order valence-electron chi connectivity index (χ4n) is 2.79. The number of hydrogen-bond acceptors (Lipinski definition) is 4. The summed E-state index contributed by atoms with van der Waals surface area (Å²) in [5.74, 6) is 1.95. The van der Waals surface area contributed by atoms with Crippen LogP contribution < -0.4 is 5.32 Å². The zero-order valence-electron chi connectivity index (χ0n) is 10.4. The highest BCUT2D eigenvalue weighted by atomic mass is 32.1. The van der Waals surface area contributed by atoms with Crippen molar-refractivity contribution in [3.63, 3.8) is 0 Å². The Hall–Kier alpha value is -1.16. The first kappa shape index (κ1) is 10.7. The Morgan fingerprint density at radius 3 is 3.00 bits per heavy atom. The van der Waals surface area contributed by atoms with Crippen molar-refractivity contribution < 1.29 is 0 Å². The van der Waals surface area contributed by atoms with Gasteiger partial charge in [-0.1, -0.05) is 0 Å². The lowest BCUT2D eigenvalue weighted by Gasteiger charge is -2.12. The highest BCUT2D eigenvalue weighted by Crippen LogP contribution is 2.38. The molecule has 3 nitrogen and oxygen atoms in total. The first-order chi connectivity index (χ1) is 8.92. The maximum absolute atomic E-state index is 4.47. The van der Waals surface area contributed by atoms with Gasteiger partial charge in [0, 0.05) is 11.4 Å². The summed E-state index contributed by atoms with van der Waals surface area (Å²) in [7, 11) is 0. The van der Waals surface area contributed by atoms with Crippen molar-refractivity contribution in [2.45, 2.75) is 38.5 Å². The molecule has 0 atom stereocenters. The number of fused-ring (bicyclic) bond motifs is 3. The summed E-state index contributed by atoms with van der Waals surface area (Å²) >= 11 is 1.87. The van der Waals surface area contributed by atoms with Crippen LogP contribution in [-0.2, 0) is 12.8 Å². The molecular formula is C14H17N3S. The molecule has 2 heterocycles. The maximum Gasteiger partial charge on any atom is 0.138 e. The molecule has 0 amide bonds. The Bertz CT molecular complexity index is 586. The summed E-state index contributed by atoms with van der Waals surface area (Å²) < 4.78 is 0. The van der Waals surface area contributed by atoms with Gasteiger partial charge in [-0.2, -0.15) is 0 Å². The molecule has 0 aromatic carbocycles. The van der Waals surface area contributed by atoms with Crippen molar-refractivity contribution in [2.24, 2.45) is 5.92 Å². The summed E-state index contributed by atoms with van der Waals surface area (Å²) in [4.78, 5) is 11.7. The Labute approximate surface area is 111 Å². The minimum atomic E-state index is 0.879. The predicted molar refractivity (Wildman–Crippen MR) is 75.3 cm³/mol. The molecule has 0 saturated heterocycles. The van der Waals surface area contributed by atoms with Crippen LogP contribution in [0.3, 0.4) is 0 Å². The lowest BCUT2D eigenvalue weighted by atomic mass is 9.97. The quantitative estimate of drug-likeness (QED) is 0.918. The fourth-order valence-corrected chi connectivity index (χ4v) is 4.02. The van der Waals surface area contributed by atoms with Crippen LogP contribution in [0, 0.1) is 5.92 Å². The second-order valence-electron chi connectivity index (χ2n) is 5.44. The van der Waals surface area contributed by atoms with Gasteiger partial charge >= 0.3 is 0 Å². The molecule has 0 unspecified atom stereocenters. The third-order valence-corrected chi connectivity index (χ3v) is 5.21. The monoisotopic (exact) mass is 259 g/mol. The first-order valence-electron chi connectivity index (χ1n) is 6.91. The zero-order valence-corrected chi connectivity index (χ0v) is 11.2. The number of nitrogens with one attached hydrogen (secondary N) is 1. The maximum atomic E-state index is 4.47. The molecule has 0 bridgehead atoms. The van der Waals surface area contributed by atoms with E-state index in [2.05, 4.69) is 15.3 Å². The van der Waals surface area contributed by atoms with Gasteiger partial charge in [-0.3, -0.25) is 0 Å². The van der Waals surface area contributed by atoms with Crippen LogP contribution in [0.4, 0.5) is 5.82 Å². The van der Waals surface area contributed by atoms with E-state index >= 15 is 0 Å². The second-order valence-corrected chi connectivity index (χ2v) is 6.52. The number of rotatable bonds is 3. The average molecular weight is 259 g/mol. The summed E-state index contributed by atoms with van der Waals surface area (Å²) in [6.07, 6.45) is 9.55. The zero-order chi connectivity index (χ0) is 11.9. The van der Waals surface area contributed by atoms with Crippen LogP contribution in [-0.4, -0.2) is 16.5 Å². The Kier molecular flexibility index (Phi) is 2.50. The minimum absolute atomic E-state index is 0.879. The van der Waals surface area contributed by atoms with E-state index in [9.17, 15) is 0 Å². The lowest BCUT2D eigenvalue weighted by molar-refractivity contribution is 0.700. The molecule has 2 aromatic heterocycles. The SMILES string of the molecule is c1nc(NCC2CC2)c2c3c(sc2n1)CCCC3. The third-order valence-electron chi connectivity index (χ3n) is 4.01.